The van der Waals surface area contributed by atoms with Crippen LogP contribution >= 0.6 is 45.9 Å². The van der Waals surface area contributed by atoms with E-state index in [1.54, 1.807) is 23.2 Å². The number of hydrogen-bond donors (Lipinski definition) is 4. The molecule has 6 rings (SSSR count). The average Bonchev–Trinajstić information content (AvgIpc) is 3.86. The second kappa shape index (κ2) is 17.6. The molecule has 54 heavy (non-hydrogen) atoms. The third-order valence-electron chi connectivity index (χ3n) is 7.79. The number of halogens is 4. The maximum absolute atomic E-state index is 13.3. The summed E-state index contributed by atoms with van der Waals surface area (Å²) in [7, 11) is -8.00. The number of thiazole rings is 2. The normalized spacial score (nSPS) is 22.1. The van der Waals surface area contributed by atoms with Crippen LogP contribution in [-0.2, 0) is 30.0 Å². The molecule has 22 heteroatoms. The van der Waals surface area contributed by atoms with E-state index in [0.717, 1.165) is 20.7 Å². The van der Waals surface area contributed by atoms with E-state index in [2.05, 4.69) is 41.9 Å². The van der Waals surface area contributed by atoms with E-state index in [1.165, 1.54) is 46.9 Å². The molecule has 4 heterocycles. The molecule has 14 nitrogen and oxygen atoms in total. The summed E-state index contributed by atoms with van der Waals surface area (Å²) in [6, 6.07) is 3.92. The Kier molecular flexibility index (Phi) is 13.4. The SMILES string of the molecule is C#CCN1[C@@H](C(=O)Nc2ccc(F)c(Cl)c2)C[C@@H](c2nccs2)NS1(=O)=O.C#CCN1[C@H](C(=O)Nc2ccc(F)c(Cl)c2)C[C@H](c2nccs2)NS1(=O)=O. The van der Waals surface area contributed by atoms with Crippen LogP contribution in [0.15, 0.2) is 59.6 Å². The molecule has 2 aliphatic heterocycles. The molecule has 2 amide bonds. The van der Waals surface area contributed by atoms with Gasteiger partial charge in [-0.15, -0.1) is 35.5 Å². The summed E-state index contributed by atoms with van der Waals surface area (Å²) in [6.45, 7) is -0.551. The Morgan fingerprint density at radius 3 is 1.48 bits per heavy atom. The minimum absolute atomic E-state index is 0.134. The van der Waals surface area contributed by atoms with E-state index in [0.29, 0.717) is 10.0 Å². The van der Waals surface area contributed by atoms with Crippen LogP contribution in [0.3, 0.4) is 0 Å². The molecule has 2 fully saturated rings. The summed E-state index contributed by atoms with van der Waals surface area (Å²) in [4.78, 5) is 33.8. The zero-order valence-electron chi connectivity index (χ0n) is 27.4. The lowest BCUT2D eigenvalue weighted by Gasteiger charge is -2.36. The van der Waals surface area contributed by atoms with Crippen molar-refractivity contribution in [1.29, 1.82) is 0 Å². The lowest BCUT2D eigenvalue weighted by molar-refractivity contribution is -0.121. The lowest BCUT2D eigenvalue weighted by Crippen LogP contribution is -2.57. The molecule has 0 aliphatic carbocycles. The van der Waals surface area contributed by atoms with Crippen molar-refractivity contribution in [2.24, 2.45) is 0 Å². The van der Waals surface area contributed by atoms with Crippen molar-refractivity contribution in [3.8, 4) is 24.7 Å². The Hall–Kier alpha value is -4.06. The number of carbonyl (C=O) groups is 2. The van der Waals surface area contributed by atoms with Gasteiger partial charge in [0.15, 0.2) is 0 Å². The Morgan fingerprint density at radius 2 is 1.17 bits per heavy atom. The van der Waals surface area contributed by atoms with Crippen molar-refractivity contribution in [2.45, 2.75) is 37.0 Å². The zero-order chi connectivity index (χ0) is 39.2. The molecule has 2 aromatic carbocycles. The smallest absolute Gasteiger partial charge is 0.281 e. The van der Waals surface area contributed by atoms with Crippen LogP contribution in [0.1, 0.15) is 34.9 Å². The topological polar surface area (TPSA) is 183 Å². The first-order valence-electron chi connectivity index (χ1n) is 15.4. The number of terminal acetylenes is 2. The maximum atomic E-state index is 13.3. The number of nitrogens with zero attached hydrogens (tertiary/aromatic N) is 4. The van der Waals surface area contributed by atoms with Gasteiger partial charge in [0.2, 0.25) is 11.8 Å². The van der Waals surface area contributed by atoms with E-state index >= 15 is 0 Å². The monoisotopic (exact) mass is 856 g/mol. The second-order valence-electron chi connectivity index (χ2n) is 11.3. The summed E-state index contributed by atoms with van der Waals surface area (Å²) in [5, 5.41) is 9.32. The first-order valence-corrected chi connectivity index (χ1v) is 20.8. The fourth-order valence-corrected chi connectivity index (χ4v) is 10.2. The van der Waals surface area contributed by atoms with Gasteiger partial charge in [0.05, 0.1) is 35.2 Å². The Labute approximate surface area is 327 Å². The molecule has 4 N–H and O–H groups in total. The number of hydrogen-bond acceptors (Lipinski definition) is 10. The molecule has 2 aliphatic rings. The van der Waals surface area contributed by atoms with Crippen molar-refractivity contribution in [3.63, 3.8) is 0 Å². The Morgan fingerprint density at radius 1 is 0.778 bits per heavy atom. The first kappa shape index (κ1) is 41.1. The van der Waals surface area contributed by atoms with Gasteiger partial charge in [-0.25, -0.2) is 18.7 Å². The predicted octanol–water partition coefficient (Wildman–Crippen LogP) is 4.31. The molecule has 0 bridgehead atoms. The zero-order valence-corrected chi connectivity index (χ0v) is 32.2. The molecule has 2 saturated heterocycles. The van der Waals surface area contributed by atoms with Gasteiger partial charge < -0.3 is 10.6 Å². The standard InChI is InChI=1S/2C16H14ClFN4O3S2/c2*1-2-6-22-14(15(23)20-10-3-4-12(18)11(17)8-10)9-13(21-27(22,24)25)16-19-5-7-26-16/h2*1,3-5,7-8,13-14,21H,6,9H2,(H,20,23)/t2*13-,14+/m10/s1. The average molecular weight is 858 g/mol. The molecule has 0 unspecified atom stereocenters. The minimum atomic E-state index is -4.00. The van der Waals surface area contributed by atoms with E-state index in [1.807, 2.05) is 0 Å². The quantitative estimate of drug-likeness (QED) is 0.189. The molecule has 4 atom stereocenters. The Bertz CT molecular complexity index is 2140. The van der Waals surface area contributed by atoms with Crippen molar-refractivity contribution in [1.82, 2.24) is 28.0 Å². The van der Waals surface area contributed by atoms with Crippen LogP contribution in [-0.4, -0.2) is 72.4 Å². The third kappa shape index (κ3) is 9.78. The van der Waals surface area contributed by atoms with Crippen molar-refractivity contribution < 1.29 is 35.2 Å². The molecule has 0 radical (unpaired) electrons. The van der Waals surface area contributed by atoms with Gasteiger partial charge in [-0.2, -0.15) is 34.9 Å². The number of carbonyl (C=O) groups excluding carboxylic acids is 2. The van der Waals surface area contributed by atoms with Gasteiger partial charge in [0, 0.05) is 34.5 Å². The molecular weight excluding hydrogens is 830 g/mol. The van der Waals surface area contributed by atoms with Gasteiger partial charge in [-0.1, -0.05) is 35.0 Å². The number of rotatable bonds is 8. The van der Waals surface area contributed by atoms with Crippen LogP contribution < -0.4 is 20.1 Å². The minimum Gasteiger partial charge on any atom is -0.325 e. The fraction of sp³-hybridized carbons (Fsp3) is 0.250. The highest BCUT2D eigenvalue weighted by Gasteiger charge is 2.44. The highest BCUT2D eigenvalue weighted by atomic mass is 35.5. The number of aromatic nitrogens is 2. The van der Waals surface area contributed by atoms with Crippen molar-refractivity contribution >= 4 is 89.5 Å². The summed E-state index contributed by atoms with van der Waals surface area (Å²) < 4.78 is 83.8. The van der Waals surface area contributed by atoms with E-state index in [4.69, 9.17) is 36.0 Å². The number of amides is 2. The van der Waals surface area contributed by atoms with Crippen LogP contribution in [0.25, 0.3) is 0 Å². The maximum Gasteiger partial charge on any atom is 0.281 e. The molecule has 284 valence electrons. The number of nitrogens with one attached hydrogen (secondary N) is 4. The van der Waals surface area contributed by atoms with Crippen LogP contribution in [0.4, 0.5) is 20.2 Å². The summed E-state index contributed by atoms with van der Waals surface area (Å²) >= 11 is 14.0. The van der Waals surface area contributed by atoms with E-state index in [-0.39, 0.29) is 47.4 Å². The van der Waals surface area contributed by atoms with Gasteiger partial charge in [0.25, 0.3) is 20.4 Å². The largest absolute Gasteiger partial charge is 0.325 e. The van der Waals surface area contributed by atoms with Gasteiger partial charge >= 0.3 is 0 Å². The number of benzene rings is 2. The lowest BCUT2D eigenvalue weighted by atomic mass is 10.1. The molecule has 0 spiro atoms. The van der Waals surface area contributed by atoms with E-state index < -0.39 is 68.0 Å². The first-order chi connectivity index (χ1) is 25.6. The molecule has 0 saturated carbocycles. The number of anilines is 2. The highest BCUT2D eigenvalue weighted by molar-refractivity contribution is 7.87. The van der Waals surface area contributed by atoms with Crippen molar-refractivity contribution in [3.05, 3.63) is 91.2 Å². The summed E-state index contributed by atoms with van der Waals surface area (Å²) in [6.07, 6.45) is 13.9. The predicted molar refractivity (Wildman–Crippen MR) is 202 cm³/mol. The Balaban J connectivity index is 0.000000208. The molecule has 4 aromatic rings. The molecule has 2 aromatic heterocycles. The van der Waals surface area contributed by atoms with Gasteiger partial charge in [0.1, 0.15) is 33.7 Å². The summed E-state index contributed by atoms with van der Waals surface area (Å²) in [5.41, 5.74) is 0.488. The van der Waals surface area contributed by atoms with Crippen LogP contribution in [0.2, 0.25) is 10.0 Å². The van der Waals surface area contributed by atoms with E-state index in [9.17, 15) is 35.2 Å². The van der Waals surface area contributed by atoms with Crippen LogP contribution in [0.5, 0.6) is 0 Å². The van der Waals surface area contributed by atoms with Crippen molar-refractivity contribution in [2.75, 3.05) is 23.7 Å². The van der Waals surface area contributed by atoms with Gasteiger partial charge in [-0.3, -0.25) is 9.59 Å². The highest BCUT2D eigenvalue weighted by Crippen LogP contribution is 2.32. The third-order valence-corrected chi connectivity index (χ3v) is 13.3. The van der Waals surface area contributed by atoms with Crippen LogP contribution in [0, 0.1) is 36.3 Å². The fourth-order valence-electron chi connectivity index (χ4n) is 5.37. The van der Waals surface area contributed by atoms with Gasteiger partial charge in [-0.05, 0) is 49.2 Å². The second-order valence-corrected chi connectivity index (χ2v) is 17.3. The summed E-state index contributed by atoms with van der Waals surface area (Å²) in [5.74, 6) is 2.05. The molecular formula is C32H28Cl2F2N8O6S4.